The number of ether oxygens (including phenoxy) is 2. The molecule has 1 amide bonds. The quantitative estimate of drug-likeness (QED) is 0.776. The van der Waals surface area contributed by atoms with Gasteiger partial charge in [-0.15, -0.1) is 0 Å². The van der Waals surface area contributed by atoms with E-state index in [4.69, 9.17) is 20.0 Å². The van der Waals surface area contributed by atoms with Crippen molar-refractivity contribution in [1.82, 2.24) is 0 Å². The van der Waals surface area contributed by atoms with Gasteiger partial charge in [-0.25, -0.2) is 0 Å². The van der Waals surface area contributed by atoms with E-state index in [0.29, 0.717) is 25.4 Å². The molecule has 0 radical (unpaired) electrons. The Kier molecular flexibility index (Phi) is 4.70. The maximum absolute atomic E-state index is 12.2. The fourth-order valence-electron chi connectivity index (χ4n) is 2.71. The third kappa shape index (κ3) is 3.21. The number of nitrogens with zero attached hydrogens (tertiary/aromatic N) is 2. The largest absolute Gasteiger partial charge is 0.398 e. The lowest BCUT2D eigenvalue weighted by atomic mass is 9.98. The van der Waals surface area contributed by atoms with E-state index in [9.17, 15) is 4.79 Å². The molecular formula is C16H22N4O4. The SMILES string of the molecule is CON=C1COCCN1c1ccc(NC(=O)C2(N)COC2)cc1C. The second kappa shape index (κ2) is 6.76. The van der Waals surface area contributed by atoms with Crippen LogP contribution in [0.3, 0.4) is 0 Å². The van der Waals surface area contributed by atoms with Gasteiger partial charge in [-0.1, -0.05) is 5.16 Å². The molecule has 0 spiro atoms. The smallest absolute Gasteiger partial charge is 0.249 e. The van der Waals surface area contributed by atoms with Gasteiger partial charge < -0.3 is 30.3 Å². The van der Waals surface area contributed by atoms with E-state index >= 15 is 0 Å². The molecule has 1 aromatic carbocycles. The normalized spacial score (nSPS) is 21.3. The van der Waals surface area contributed by atoms with Gasteiger partial charge in [-0.2, -0.15) is 0 Å². The number of nitrogens with one attached hydrogen (secondary N) is 1. The van der Waals surface area contributed by atoms with Crippen LogP contribution in [0.2, 0.25) is 0 Å². The van der Waals surface area contributed by atoms with E-state index in [0.717, 1.165) is 17.1 Å². The molecule has 0 unspecified atom stereocenters. The molecule has 0 bridgehead atoms. The van der Waals surface area contributed by atoms with E-state index in [1.807, 2.05) is 25.1 Å². The van der Waals surface area contributed by atoms with E-state index in [1.54, 1.807) is 0 Å². The van der Waals surface area contributed by atoms with Crippen LogP contribution in [0.25, 0.3) is 0 Å². The lowest BCUT2D eigenvalue weighted by Crippen LogP contribution is -2.65. The van der Waals surface area contributed by atoms with Gasteiger partial charge in [0.2, 0.25) is 5.91 Å². The summed E-state index contributed by atoms with van der Waals surface area (Å²) in [5, 5.41) is 6.87. The average Bonchev–Trinajstić information content (AvgIpc) is 2.54. The molecule has 3 N–H and O–H groups in total. The first-order valence-corrected chi connectivity index (χ1v) is 7.77. The summed E-state index contributed by atoms with van der Waals surface area (Å²) < 4.78 is 10.4. The van der Waals surface area contributed by atoms with Gasteiger partial charge in [0.1, 0.15) is 19.3 Å². The minimum Gasteiger partial charge on any atom is -0.398 e. The van der Waals surface area contributed by atoms with Crippen molar-refractivity contribution in [2.24, 2.45) is 10.9 Å². The highest BCUT2D eigenvalue weighted by atomic mass is 16.6. The molecule has 2 fully saturated rings. The summed E-state index contributed by atoms with van der Waals surface area (Å²) in [6.07, 6.45) is 0. The van der Waals surface area contributed by atoms with Crippen LogP contribution < -0.4 is 16.0 Å². The molecule has 130 valence electrons. The zero-order chi connectivity index (χ0) is 17.2. The number of rotatable bonds is 4. The number of nitrogens with two attached hydrogens (primary N) is 1. The zero-order valence-electron chi connectivity index (χ0n) is 13.9. The van der Waals surface area contributed by atoms with Crippen molar-refractivity contribution in [3.63, 3.8) is 0 Å². The molecule has 2 aliphatic heterocycles. The van der Waals surface area contributed by atoms with Crippen LogP contribution >= 0.6 is 0 Å². The predicted molar refractivity (Wildman–Crippen MR) is 90.2 cm³/mol. The van der Waals surface area contributed by atoms with Gasteiger partial charge in [0, 0.05) is 17.9 Å². The molecule has 2 saturated heterocycles. The number of carbonyl (C=O) groups is 1. The van der Waals surface area contributed by atoms with Crippen LogP contribution in [-0.4, -0.2) is 57.4 Å². The molecule has 24 heavy (non-hydrogen) atoms. The molecule has 0 saturated carbocycles. The number of morpholine rings is 1. The second-order valence-corrected chi connectivity index (χ2v) is 6.00. The summed E-state index contributed by atoms with van der Waals surface area (Å²) in [5.74, 6) is 0.491. The average molecular weight is 334 g/mol. The molecule has 0 aliphatic carbocycles. The van der Waals surface area contributed by atoms with Crippen molar-refractivity contribution in [3.8, 4) is 0 Å². The highest BCUT2D eigenvalue weighted by Gasteiger charge is 2.42. The molecule has 2 heterocycles. The van der Waals surface area contributed by atoms with Gasteiger partial charge in [0.25, 0.3) is 0 Å². The first-order valence-electron chi connectivity index (χ1n) is 7.77. The summed E-state index contributed by atoms with van der Waals surface area (Å²) in [6, 6.07) is 5.71. The standard InChI is InChI=1S/C16H22N4O4/c1-11-7-12(18-15(21)16(17)9-24-10-16)3-4-13(11)20-5-6-23-8-14(20)19-22-2/h3-4,7H,5-6,8-10,17H2,1-2H3,(H,18,21). The van der Waals surface area contributed by atoms with E-state index in [2.05, 4.69) is 15.4 Å². The Bertz CT molecular complexity index is 657. The molecule has 8 heteroatoms. The number of amidine groups is 1. The van der Waals surface area contributed by atoms with Crippen LogP contribution in [0, 0.1) is 6.92 Å². The Labute approximate surface area is 140 Å². The number of oxime groups is 1. The summed E-state index contributed by atoms with van der Waals surface area (Å²) in [6.45, 7) is 4.20. The van der Waals surface area contributed by atoms with Crippen LogP contribution in [0.15, 0.2) is 23.4 Å². The molecular weight excluding hydrogens is 312 g/mol. The minimum atomic E-state index is -0.922. The first-order chi connectivity index (χ1) is 11.5. The Morgan fingerprint density at radius 1 is 1.42 bits per heavy atom. The van der Waals surface area contributed by atoms with E-state index in [1.165, 1.54) is 7.11 Å². The van der Waals surface area contributed by atoms with Crippen LogP contribution in [-0.2, 0) is 19.1 Å². The fraction of sp³-hybridized carbons (Fsp3) is 0.500. The molecule has 1 aromatic rings. The Hall–Kier alpha value is -2.16. The number of benzene rings is 1. The van der Waals surface area contributed by atoms with Crippen molar-refractivity contribution in [3.05, 3.63) is 23.8 Å². The summed E-state index contributed by atoms with van der Waals surface area (Å²) >= 11 is 0. The summed E-state index contributed by atoms with van der Waals surface area (Å²) in [5.41, 5.74) is 7.74. The van der Waals surface area contributed by atoms with Crippen LogP contribution in [0.1, 0.15) is 5.56 Å². The van der Waals surface area contributed by atoms with Crippen molar-refractivity contribution >= 4 is 23.1 Å². The highest BCUT2D eigenvalue weighted by molar-refractivity contribution is 6.01. The lowest BCUT2D eigenvalue weighted by Gasteiger charge is -2.36. The van der Waals surface area contributed by atoms with Crippen LogP contribution in [0.5, 0.6) is 0 Å². The number of anilines is 2. The third-order valence-electron chi connectivity index (χ3n) is 4.12. The summed E-state index contributed by atoms with van der Waals surface area (Å²) in [4.78, 5) is 19.1. The topological polar surface area (TPSA) is 98.4 Å². The Balaban J connectivity index is 1.77. The zero-order valence-corrected chi connectivity index (χ0v) is 13.9. The van der Waals surface area contributed by atoms with E-state index < -0.39 is 5.54 Å². The predicted octanol–water partition coefficient (Wildman–Crippen LogP) is 0.458. The van der Waals surface area contributed by atoms with Gasteiger partial charge >= 0.3 is 0 Å². The maximum atomic E-state index is 12.2. The third-order valence-corrected chi connectivity index (χ3v) is 4.12. The molecule has 8 nitrogen and oxygen atoms in total. The fourth-order valence-corrected chi connectivity index (χ4v) is 2.71. The van der Waals surface area contributed by atoms with Gasteiger partial charge in [0.05, 0.1) is 19.8 Å². The van der Waals surface area contributed by atoms with Gasteiger partial charge in [0.15, 0.2) is 5.84 Å². The minimum absolute atomic E-state index is 0.228. The molecule has 3 rings (SSSR count). The lowest BCUT2D eigenvalue weighted by molar-refractivity contribution is -0.137. The number of amides is 1. The molecule has 0 aromatic heterocycles. The molecule has 0 atom stereocenters. The maximum Gasteiger partial charge on any atom is 0.249 e. The van der Waals surface area contributed by atoms with Crippen LogP contribution in [0.4, 0.5) is 11.4 Å². The molecule has 2 aliphatic rings. The van der Waals surface area contributed by atoms with Gasteiger partial charge in [-0.3, -0.25) is 4.79 Å². The number of hydrogen-bond donors (Lipinski definition) is 2. The van der Waals surface area contributed by atoms with E-state index in [-0.39, 0.29) is 19.1 Å². The second-order valence-electron chi connectivity index (χ2n) is 6.00. The number of carbonyl (C=O) groups excluding carboxylic acids is 1. The number of aryl methyl sites for hydroxylation is 1. The number of hydrogen-bond acceptors (Lipinski definition) is 6. The van der Waals surface area contributed by atoms with Crippen molar-refractivity contribution in [1.29, 1.82) is 0 Å². The summed E-state index contributed by atoms with van der Waals surface area (Å²) in [7, 11) is 1.51. The van der Waals surface area contributed by atoms with Crippen molar-refractivity contribution in [2.75, 3.05) is 50.3 Å². The van der Waals surface area contributed by atoms with Crippen molar-refractivity contribution in [2.45, 2.75) is 12.5 Å². The monoisotopic (exact) mass is 334 g/mol. The Morgan fingerprint density at radius 3 is 2.83 bits per heavy atom. The first kappa shape index (κ1) is 16.7. The van der Waals surface area contributed by atoms with Gasteiger partial charge in [-0.05, 0) is 30.7 Å². The van der Waals surface area contributed by atoms with Crippen molar-refractivity contribution < 1.29 is 19.1 Å². The highest BCUT2D eigenvalue weighted by Crippen LogP contribution is 2.26. The Morgan fingerprint density at radius 2 is 2.21 bits per heavy atom.